The number of rotatable bonds is 4. The van der Waals surface area contributed by atoms with Gasteiger partial charge in [0.25, 0.3) is 10.0 Å². The lowest BCUT2D eigenvalue weighted by atomic mass is 10.1. The lowest BCUT2D eigenvalue weighted by molar-refractivity contribution is 0.603. The van der Waals surface area contributed by atoms with Crippen LogP contribution in [0.3, 0.4) is 0 Å². The summed E-state index contributed by atoms with van der Waals surface area (Å²) in [5, 5.41) is 0. The second kappa shape index (κ2) is 5.46. The molecule has 6 heteroatoms. The van der Waals surface area contributed by atoms with Crippen LogP contribution in [-0.2, 0) is 16.4 Å². The Morgan fingerprint density at radius 2 is 1.80 bits per heavy atom. The van der Waals surface area contributed by atoms with Gasteiger partial charge in [-0.3, -0.25) is 4.72 Å². The quantitative estimate of drug-likeness (QED) is 0.851. The SMILES string of the molecule is CCc1ccc(S(=O)(=O)Nc2c(C)cc(N)cc2C)s1. The highest BCUT2D eigenvalue weighted by atomic mass is 32.2. The van der Waals surface area contributed by atoms with E-state index >= 15 is 0 Å². The molecule has 0 spiro atoms. The van der Waals surface area contributed by atoms with Gasteiger partial charge in [-0.25, -0.2) is 8.42 Å². The van der Waals surface area contributed by atoms with Gasteiger partial charge in [-0.15, -0.1) is 11.3 Å². The van der Waals surface area contributed by atoms with Crippen LogP contribution in [0.2, 0.25) is 0 Å². The average Bonchev–Trinajstić information content (AvgIpc) is 2.83. The monoisotopic (exact) mass is 310 g/mol. The zero-order valence-corrected chi connectivity index (χ0v) is 13.4. The molecule has 0 aliphatic heterocycles. The first kappa shape index (κ1) is 14.9. The molecule has 2 rings (SSSR count). The summed E-state index contributed by atoms with van der Waals surface area (Å²) < 4.78 is 27.8. The third-order valence-electron chi connectivity index (χ3n) is 3.04. The molecule has 3 N–H and O–H groups in total. The Balaban J connectivity index is 2.38. The molecule has 108 valence electrons. The minimum absolute atomic E-state index is 0.338. The van der Waals surface area contributed by atoms with Crippen LogP contribution in [0.5, 0.6) is 0 Å². The molecule has 1 aromatic carbocycles. The maximum Gasteiger partial charge on any atom is 0.271 e. The number of hydrogen-bond donors (Lipinski definition) is 2. The summed E-state index contributed by atoms with van der Waals surface area (Å²) in [4.78, 5) is 1.05. The predicted octanol–water partition coefficient (Wildman–Crippen LogP) is 3.31. The van der Waals surface area contributed by atoms with Gasteiger partial charge in [0.1, 0.15) is 4.21 Å². The van der Waals surface area contributed by atoms with Crippen LogP contribution in [0.15, 0.2) is 28.5 Å². The maximum absolute atomic E-state index is 12.4. The van der Waals surface area contributed by atoms with Crippen LogP contribution < -0.4 is 10.5 Å². The molecule has 4 nitrogen and oxygen atoms in total. The van der Waals surface area contributed by atoms with E-state index in [1.165, 1.54) is 11.3 Å². The Hall–Kier alpha value is -1.53. The van der Waals surface area contributed by atoms with Gasteiger partial charge in [-0.2, -0.15) is 0 Å². The van der Waals surface area contributed by atoms with Crippen molar-refractivity contribution in [3.05, 3.63) is 40.3 Å². The number of anilines is 2. The average molecular weight is 310 g/mol. The largest absolute Gasteiger partial charge is 0.399 e. The topological polar surface area (TPSA) is 72.2 Å². The second-order valence-corrected chi connectivity index (χ2v) is 7.79. The molecule has 0 aliphatic carbocycles. The normalized spacial score (nSPS) is 11.6. The van der Waals surface area contributed by atoms with Gasteiger partial charge >= 0.3 is 0 Å². The van der Waals surface area contributed by atoms with Crippen molar-refractivity contribution in [2.75, 3.05) is 10.5 Å². The van der Waals surface area contributed by atoms with Crippen LogP contribution >= 0.6 is 11.3 Å². The molecule has 0 unspecified atom stereocenters. The predicted molar refractivity (Wildman–Crippen MR) is 84.8 cm³/mol. The first-order valence-corrected chi connectivity index (χ1v) is 8.61. The standard InChI is InChI=1S/C14H18N2O2S2/c1-4-12-5-6-13(19-12)20(17,18)16-14-9(2)7-11(15)8-10(14)3/h5-8,16H,4,15H2,1-3H3. The lowest BCUT2D eigenvalue weighted by Crippen LogP contribution is -2.13. The molecule has 0 saturated heterocycles. The Kier molecular flexibility index (Phi) is 4.06. The van der Waals surface area contributed by atoms with Gasteiger partial charge in [0.05, 0.1) is 5.69 Å². The summed E-state index contributed by atoms with van der Waals surface area (Å²) in [5.41, 5.74) is 8.62. The summed E-state index contributed by atoms with van der Waals surface area (Å²) in [6, 6.07) is 7.02. The summed E-state index contributed by atoms with van der Waals surface area (Å²) in [5.74, 6) is 0. The maximum atomic E-state index is 12.4. The number of benzene rings is 1. The van der Waals surface area contributed by atoms with E-state index in [4.69, 9.17) is 5.73 Å². The Morgan fingerprint density at radius 3 is 2.30 bits per heavy atom. The van der Waals surface area contributed by atoms with E-state index in [9.17, 15) is 8.42 Å². The van der Waals surface area contributed by atoms with Crippen molar-refractivity contribution in [2.45, 2.75) is 31.4 Å². The summed E-state index contributed by atoms with van der Waals surface area (Å²) >= 11 is 1.30. The molecule has 0 radical (unpaired) electrons. The van der Waals surface area contributed by atoms with Crippen molar-refractivity contribution in [2.24, 2.45) is 0 Å². The van der Waals surface area contributed by atoms with E-state index in [-0.39, 0.29) is 0 Å². The van der Waals surface area contributed by atoms with Gasteiger partial charge in [0.2, 0.25) is 0 Å². The van der Waals surface area contributed by atoms with Gasteiger partial charge in [-0.1, -0.05) is 6.92 Å². The van der Waals surface area contributed by atoms with E-state index in [0.717, 1.165) is 22.4 Å². The Labute approximate surface area is 123 Å². The lowest BCUT2D eigenvalue weighted by Gasteiger charge is -2.13. The van der Waals surface area contributed by atoms with Crippen LogP contribution in [0.4, 0.5) is 11.4 Å². The smallest absolute Gasteiger partial charge is 0.271 e. The number of aryl methyl sites for hydroxylation is 3. The second-order valence-electron chi connectivity index (χ2n) is 4.71. The summed E-state index contributed by atoms with van der Waals surface area (Å²) in [7, 11) is -3.53. The Morgan fingerprint density at radius 1 is 1.20 bits per heavy atom. The molecule has 0 atom stereocenters. The van der Waals surface area contributed by atoms with Crippen LogP contribution in [0, 0.1) is 13.8 Å². The molecule has 0 fully saturated rings. The minimum atomic E-state index is -3.53. The van der Waals surface area contributed by atoms with Crippen LogP contribution in [0.1, 0.15) is 22.9 Å². The van der Waals surface area contributed by atoms with Gasteiger partial charge in [0, 0.05) is 10.6 Å². The number of thiophene rings is 1. The van der Waals surface area contributed by atoms with E-state index in [0.29, 0.717) is 15.6 Å². The fraction of sp³-hybridized carbons (Fsp3) is 0.286. The first-order chi connectivity index (χ1) is 9.33. The Bertz CT molecular complexity index is 710. The van der Waals surface area contributed by atoms with Crippen LogP contribution in [0.25, 0.3) is 0 Å². The van der Waals surface area contributed by atoms with E-state index in [2.05, 4.69) is 4.72 Å². The molecule has 1 aromatic heterocycles. The van der Waals surface area contributed by atoms with E-state index in [1.807, 2.05) is 26.8 Å². The van der Waals surface area contributed by atoms with E-state index < -0.39 is 10.0 Å². The molecule has 0 aliphatic rings. The number of nitrogens with two attached hydrogens (primary N) is 1. The summed E-state index contributed by atoms with van der Waals surface area (Å²) in [6.45, 7) is 5.68. The zero-order valence-electron chi connectivity index (χ0n) is 11.7. The number of hydrogen-bond acceptors (Lipinski definition) is 4. The van der Waals surface area contributed by atoms with Crippen molar-refractivity contribution >= 4 is 32.7 Å². The van der Waals surface area contributed by atoms with Crippen molar-refractivity contribution in [1.82, 2.24) is 0 Å². The number of nitrogens with one attached hydrogen (secondary N) is 1. The van der Waals surface area contributed by atoms with Crippen molar-refractivity contribution in [3.8, 4) is 0 Å². The molecular weight excluding hydrogens is 292 g/mol. The summed E-state index contributed by atoms with van der Waals surface area (Å²) in [6.07, 6.45) is 0.833. The fourth-order valence-corrected chi connectivity index (χ4v) is 4.53. The zero-order chi connectivity index (χ0) is 14.9. The third-order valence-corrected chi connectivity index (χ3v) is 6.11. The van der Waals surface area contributed by atoms with Gasteiger partial charge in [-0.05, 0) is 55.7 Å². The molecule has 0 amide bonds. The number of nitrogen functional groups attached to an aromatic ring is 1. The van der Waals surface area contributed by atoms with Gasteiger partial charge in [0.15, 0.2) is 0 Å². The van der Waals surface area contributed by atoms with Gasteiger partial charge < -0.3 is 5.73 Å². The molecule has 1 heterocycles. The van der Waals surface area contributed by atoms with Crippen LogP contribution in [-0.4, -0.2) is 8.42 Å². The minimum Gasteiger partial charge on any atom is -0.399 e. The molecule has 0 saturated carbocycles. The van der Waals surface area contributed by atoms with Crippen molar-refractivity contribution < 1.29 is 8.42 Å². The third kappa shape index (κ3) is 2.96. The van der Waals surface area contributed by atoms with E-state index in [1.54, 1.807) is 18.2 Å². The van der Waals surface area contributed by atoms with Crippen molar-refractivity contribution in [1.29, 1.82) is 0 Å². The fourth-order valence-electron chi connectivity index (χ4n) is 2.04. The highest BCUT2D eigenvalue weighted by Gasteiger charge is 2.18. The molecule has 2 aromatic rings. The number of sulfonamides is 1. The molecule has 20 heavy (non-hydrogen) atoms. The highest BCUT2D eigenvalue weighted by molar-refractivity contribution is 7.94. The molecule has 0 bridgehead atoms. The molecular formula is C14H18N2O2S2. The highest BCUT2D eigenvalue weighted by Crippen LogP contribution is 2.28. The van der Waals surface area contributed by atoms with Crippen molar-refractivity contribution in [3.63, 3.8) is 0 Å². The first-order valence-electron chi connectivity index (χ1n) is 6.31.